The van der Waals surface area contributed by atoms with Gasteiger partial charge in [-0.1, -0.05) is 41.2 Å². The van der Waals surface area contributed by atoms with E-state index in [1.165, 1.54) is 29.1 Å². The first kappa shape index (κ1) is 21.8. The van der Waals surface area contributed by atoms with Gasteiger partial charge in [0.2, 0.25) is 11.9 Å². The highest BCUT2D eigenvalue weighted by Gasteiger charge is 2.54. The number of hydrazone groups is 1. The first-order valence-electron chi connectivity index (χ1n) is 11.8. The number of rotatable bonds is 5. The fraction of sp³-hybridized carbons (Fsp3) is 0.542. The monoisotopic (exact) mass is 450 g/mol. The standard InChI is InChI=1S/C24H32N7O2/c1-17-8-7-9-19(14-17)16-30-22(32)20-21(27(3)24(30)33)25-23-29(20)15-18(2)26-31(23)13-12-28-10-5-4-6-11-28/h7-9,14,20H,4-6,10-13,15-16H2,1-3H3/q+1. The summed E-state index contributed by atoms with van der Waals surface area (Å²) in [5, 5.41) is 6.65. The van der Waals surface area contributed by atoms with Crippen LogP contribution in [0.3, 0.4) is 0 Å². The van der Waals surface area contributed by atoms with Crippen LogP contribution in [0.25, 0.3) is 0 Å². The number of imide groups is 1. The maximum atomic E-state index is 13.6. The molecule has 1 aromatic rings. The van der Waals surface area contributed by atoms with Gasteiger partial charge >= 0.3 is 12.0 Å². The molecule has 174 valence electrons. The largest absolute Gasteiger partial charge is 0.416 e. The molecule has 9 nitrogen and oxygen atoms in total. The molecule has 5 rings (SSSR count). The summed E-state index contributed by atoms with van der Waals surface area (Å²) in [6, 6.07) is 6.98. The minimum absolute atomic E-state index is 0.223. The van der Waals surface area contributed by atoms with Crippen molar-refractivity contribution < 1.29 is 14.2 Å². The number of guanidine groups is 1. The number of hydrogen-bond acceptors (Lipinski definition) is 6. The van der Waals surface area contributed by atoms with E-state index in [1.807, 2.05) is 47.7 Å². The van der Waals surface area contributed by atoms with Crippen molar-refractivity contribution in [2.45, 2.75) is 45.7 Å². The lowest BCUT2D eigenvalue weighted by atomic mass is 10.1. The van der Waals surface area contributed by atoms with E-state index < -0.39 is 6.04 Å². The van der Waals surface area contributed by atoms with Crippen LogP contribution in [0.15, 0.2) is 34.4 Å². The van der Waals surface area contributed by atoms with E-state index in [9.17, 15) is 9.59 Å². The molecule has 1 aromatic carbocycles. The topological polar surface area (TPSA) is 74.8 Å². The second-order valence-corrected chi connectivity index (χ2v) is 9.42. The molecule has 2 fully saturated rings. The first-order valence-corrected chi connectivity index (χ1v) is 11.8. The fourth-order valence-electron chi connectivity index (χ4n) is 5.11. The highest BCUT2D eigenvalue weighted by Crippen LogP contribution is 2.24. The summed E-state index contributed by atoms with van der Waals surface area (Å²) < 4.78 is 2.00. The van der Waals surface area contributed by atoms with Crippen molar-refractivity contribution in [3.63, 3.8) is 0 Å². The molecule has 4 aliphatic heterocycles. The zero-order valence-corrected chi connectivity index (χ0v) is 19.7. The van der Waals surface area contributed by atoms with Gasteiger partial charge in [0.25, 0.3) is 5.91 Å². The quantitative estimate of drug-likeness (QED) is 0.641. The van der Waals surface area contributed by atoms with Crippen molar-refractivity contribution in [2.24, 2.45) is 10.1 Å². The lowest BCUT2D eigenvalue weighted by molar-refractivity contribution is -0.527. The molecule has 4 heterocycles. The van der Waals surface area contributed by atoms with Gasteiger partial charge in [-0.2, -0.15) is 0 Å². The van der Waals surface area contributed by atoms with Gasteiger partial charge in [0.15, 0.2) is 0 Å². The second kappa shape index (κ2) is 8.70. The van der Waals surface area contributed by atoms with Crippen LogP contribution in [-0.2, 0) is 11.3 Å². The first-order chi connectivity index (χ1) is 15.9. The molecule has 0 radical (unpaired) electrons. The van der Waals surface area contributed by atoms with E-state index in [1.54, 1.807) is 7.05 Å². The summed E-state index contributed by atoms with van der Waals surface area (Å²) in [5.41, 5.74) is 2.97. The Bertz CT molecular complexity index is 1070. The number of fused-ring (bicyclic) bond motifs is 2. The zero-order valence-electron chi connectivity index (χ0n) is 19.7. The van der Waals surface area contributed by atoms with E-state index in [0.29, 0.717) is 24.9 Å². The van der Waals surface area contributed by atoms with E-state index in [2.05, 4.69) is 4.90 Å². The van der Waals surface area contributed by atoms with E-state index in [-0.39, 0.29) is 18.5 Å². The average molecular weight is 451 g/mol. The van der Waals surface area contributed by atoms with Gasteiger partial charge in [0.05, 0.1) is 12.3 Å². The van der Waals surface area contributed by atoms with Crippen molar-refractivity contribution in [1.82, 2.24) is 19.7 Å². The number of piperidine rings is 1. The van der Waals surface area contributed by atoms with Gasteiger partial charge in [-0.3, -0.25) is 14.6 Å². The molecule has 0 aromatic heterocycles. The number of carbonyl (C=O) groups excluding carboxylic acids is 2. The predicted molar refractivity (Wildman–Crippen MR) is 126 cm³/mol. The van der Waals surface area contributed by atoms with Crippen LogP contribution in [0.2, 0.25) is 0 Å². The maximum absolute atomic E-state index is 13.6. The predicted octanol–water partition coefficient (Wildman–Crippen LogP) is 1.72. The minimum Gasteiger partial charge on any atom is -0.300 e. The van der Waals surface area contributed by atoms with Crippen molar-refractivity contribution in [1.29, 1.82) is 0 Å². The summed E-state index contributed by atoms with van der Waals surface area (Å²) in [6.07, 6.45) is 3.79. The number of likely N-dealkylation sites (N-methyl/N-ethyl adjacent to an activating group) is 1. The highest BCUT2D eigenvalue weighted by atomic mass is 16.2. The van der Waals surface area contributed by atoms with Gasteiger partial charge in [0, 0.05) is 13.6 Å². The van der Waals surface area contributed by atoms with Gasteiger partial charge < -0.3 is 4.90 Å². The number of aliphatic imine (C=N–C) groups is 1. The number of nitrogens with zero attached hydrogens (tertiary/aromatic N) is 7. The lowest BCUT2D eigenvalue weighted by Gasteiger charge is -2.34. The summed E-state index contributed by atoms with van der Waals surface area (Å²) in [7, 11) is 1.70. The van der Waals surface area contributed by atoms with E-state index in [4.69, 9.17) is 10.1 Å². The van der Waals surface area contributed by atoms with Crippen LogP contribution >= 0.6 is 0 Å². The van der Waals surface area contributed by atoms with Crippen molar-refractivity contribution >= 4 is 29.4 Å². The fourth-order valence-corrected chi connectivity index (χ4v) is 5.11. The van der Waals surface area contributed by atoms with Crippen molar-refractivity contribution in [3.05, 3.63) is 35.4 Å². The van der Waals surface area contributed by atoms with Gasteiger partial charge in [-0.15, -0.1) is 10.1 Å². The van der Waals surface area contributed by atoms with Gasteiger partial charge in [-0.25, -0.2) is 9.37 Å². The van der Waals surface area contributed by atoms with Crippen LogP contribution in [0, 0.1) is 6.92 Å². The Hall–Kier alpha value is -3.07. The van der Waals surface area contributed by atoms with Crippen molar-refractivity contribution in [2.75, 3.05) is 39.8 Å². The summed E-state index contributed by atoms with van der Waals surface area (Å²) in [5.74, 6) is 0.940. The van der Waals surface area contributed by atoms with Crippen LogP contribution in [0.5, 0.6) is 0 Å². The average Bonchev–Trinajstić information content (AvgIpc) is 3.19. The van der Waals surface area contributed by atoms with Crippen molar-refractivity contribution in [3.8, 4) is 0 Å². The molecule has 33 heavy (non-hydrogen) atoms. The van der Waals surface area contributed by atoms with Crippen LogP contribution < -0.4 is 0 Å². The zero-order chi connectivity index (χ0) is 23.1. The number of benzene rings is 1. The lowest BCUT2D eigenvalue weighted by Crippen LogP contribution is -2.63. The molecule has 0 bridgehead atoms. The third-order valence-electron chi connectivity index (χ3n) is 6.81. The van der Waals surface area contributed by atoms with Crippen LogP contribution in [-0.4, -0.2) is 99.5 Å². The summed E-state index contributed by atoms with van der Waals surface area (Å²) in [4.78, 5) is 36.8. The molecule has 0 saturated carbocycles. The number of hydrogen-bond donors (Lipinski definition) is 0. The van der Waals surface area contributed by atoms with Crippen LogP contribution in [0.4, 0.5) is 4.79 Å². The molecular formula is C24H32N7O2+. The Morgan fingerprint density at radius 2 is 1.88 bits per heavy atom. The number of aryl methyl sites for hydroxylation is 1. The Balaban J connectivity index is 1.39. The number of likely N-dealkylation sites (tertiary alicyclic amines) is 1. The Kier molecular flexibility index (Phi) is 5.74. The number of amidine groups is 1. The molecule has 2 saturated heterocycles. The molecular weight excluding hydrogens is 418 g/mol. The van der Waals surface area contributed by atoms with Gasteiger partial charge in [0.1, 0.15) is 13.1 Å². The molecule has 0 N–H and O–H groups in total. The molecule has 1 atom stereocenters. The normalized spacial score (nSPS) is 23.6. The number of urea groups is 1. The van der Waals surface area contributed by atoms with E-state index >= 15 is 0 Å². The second-order valence-electron chi connectivity index (χ2n) is 9.42. The third-order valence-corrected chi connectivity index (χ3v) is 6.81. The third kappa shape index (κ3) is 4.06. The molecule has 0 spiro atoms. The Labute approximate surface area is 194 Å². The molecule has 3 amide bonds. The Morgan fingerprint density at radius 3 is 2.64 bits per heavy atom. The number of carbonyl (C=O) groups is 2. The molecule has 9 heteroatoms. The highest BCUT2D eigenvalue weighted by molar-refractivity contribution is 6.23. The number of amides is 3. The molecule has 1 unspecified atom stereocenters. The van der Waals surface area contributed by atoms with E-state index in [0.717, 1.165) is 36.5 Å². The SMILES string of the molecule is CC1=NN(CCN2CCCCC2)C2=[N+](C1)C1C(=O)N(Cc3cccc(C)c3)C(=O)N(C)C1=N2. The molecule has 4 aliphatic rings. The smallest absolute Gasteiger partial charge is 0.300 e. The maximum Gasteiger partial charge on any atom is 0.416 e. The summed E-state index contributed by atoms with van der Waals surface area (Å²) in [6.45, 7) is 8.63. The van der Waals surface area contributed by atoms with Crippen LogP contribution in [0.1, 0.15) is 37.3 Å². The van der Waals surface area contributed by atoms with Gasteiger partial charge in [-0.05, 0) is 45.3 Å². The Morgan fingerprint density at radius 1 is 1.09 bits per heavy atom. The molecule has 0 aliphatic carbocycles. The minimum atomic E-state index is -0.601. The summed E-state index contributed by atoms with van der Waals surface area (Å²) >= 11 is 0.